The first-order valence-electron chi connectivity index (χ1n) is 9.22. The number of ether oxygens (including phenoxy) is 4. The van der Waals surface area contributed by atoms with Gasteiger partial charge in [-0.25, -0.2) is 9.59 Å². The first kappa shape index (κ1) is 24.8. The number of fused-ring (bicyclic) bond motifs is 1. The fraction of sp³-hybridized carbons (Fsp3) is 0.474. The standard InChI is InChI=1S/C19H20F3NO9/c1-10-6-11(2)15-13(7-10)8-14(16(32-15)19(20,21)22)17(24)28-9-29-18(25)31-12(3)4-5-30-23(26)27/h6-8,12,16H,4-5,9H2,1-3H3/t12?,16-/m0/s1. The summed E-state index contributed by atoms with van der Waals surface area (Å²) in [7, 11) is 0. The zero-order valence-corrected chi connectivity index (χ0v) is 17.3. The van der Waals surface area contributed by atoms with Crippen LogP contribution >= 0.6 is 0 Å². The van der Waals surface area contributed by atoms with Crippen LogP contribution in [-0.2, 0) is 23.8 Å². The molecule has 1 heterocycles. The Morgan fingerprint density at radius 3 is 2.56 bits per heavy atom. The minimum absolute atomic E-state index is 0.00403. The van der Waals surface area contributed by atoms with Crippen LogP contribution in [0.5, 0.6) is 5.75 Å². The van der Waals surface area contributed by atoms with Crippen molar-refractivity contribution in [3.8, 4) is 5.75 Å². The molecule has 0 saturated heterocycles. The minimum Gasteiger partial charge on any atom is -0.475 e. The van der Waals surface area contributed by atoms with Gasteiger partial charge in [-0.1, -0.05) is 11.6 Å². The Balaban J connectivity index is 1.99. The van der Waals surface area contributed by atoms with Crippen LogP contribution in [0.3, 0.4) is 0 Å². The van der Waals surface area contributed by atoms with Crippen molar-refractivity contribution in [2.24, 2.45) is 0 Å². The third-order valence-corrected chi connectivity index (χ3v) is 4.20. The SMILES string of the molecule is Cc1cc(C)c2c(c1)C=C(C(=O)OCOC(=O)OC(C)CCO[N+](=O)[O-])[C@@H](C(F)(F)F)O2. The summed E-state index contributed by atoms with van der Waals surface area (Å²) in [6.07, 6.45) is -8.58. The van der Waals surface area contributed by atoms with Crippen molar-refractivity contribution in [1.82, 2.24) is 0 Å². The number of halogens is 3. The molecule has 13 heteroatoms. The summed E-state index contributed by atoms with van der Waals surface area (Å²) in [6, 6.07) is 3.20. The largest absolute Gasteiger partial charge is 0.511 e. The third kappa shape index (κ3) is 6.75. The molecule has 0 bridgehead atoms. The molecule has 1 aromatic rings. The van der Waals surface area contributed by atoms with E-state index in [1.807, 2.05) is 0 Å². The van der Waals surface area contributed by atoms with E-state index >= 15 is 0 Å². The number of alkyl halides is 3. The lowest BCUT2D eigenvalue weighted by Crippen LogP contribution is -2.41. The van der Waals surface area contributed by atoms with Gasteiger partial charge in [0.1, 0.15) is 11.9 Å². The summed E-state index contributed by atoms with van der Waals surface area (Å²) >= 11 is 0. The predicted octanol–water partition coefficient (Wildman–Crippen LogP) is 3.65. The van der Waals surface area contributed by atoms with Gasteiger partial charge in [-0.2, -0.15) is 13.2 Å². The Kier molecular flexibility index (Phi) is 7.89. The van der Waals surface area contributed by atoms with E-state index < -0.39 is 48.0 Å². The van der Waals surface area contributed by atoms with Crippen molar-refractivity contribution >= 4 is 18.2 Å². The van der Waals surface area contributed by atoms with Crippen LogP contribution in [0.15, 0.2) is 17.7 Å². The zero-order valence-electron chi connectivity index (χ0n) is 17.3. The van der Waals surface area contributed by atoms with Crippen LogP contribution in [0.4, 0.5) is 18.0 Å². The highest BCUT2D eigenvalue weighted by molar-refractivity contribution is 5.96. The molecule has 1 aromatic carbocycles. The summed E-state index contributed by atoms with van der Waals surface area (Å²) < 4.78 is 59.3. The molecule has 0 fully saturated rings. The average Bonchev–Trinajstić information content (AvgIpc) is 2.65. The Morgan fingerprint density at radius 1 is 1.25 bits per heavy atom. The number of nitrogens with zero attached hydrogens (tertiary/aromatic N) is 1. The summed E-state index contributed by atoms with van der Waals surface area (Å²) in [5, 5.41) is 9.03. The number of hydrogen-bond acceptors (Lipinski definition) is 9. The van der Waals surface area contributed by atoms with E-state index in [4.69, 9.17) is 9.47 Å². The number of rotatable bonds is 8. The molecule has 2 rings (SSSR count). The van der Waals surface area contributed by atoms with Crippen LogP contribution in [0.2, 0.25) is 0 Å². The van der Waals surface area contributed by atoms with Crippen molar-refractivity contribution < 1.29 is 51.6 Å². The molecular formula is C19H20F3NO9. The molecule has 10 nitrogen and oxygen atoms in total. The Labute approximate surface area is 179 Å². The summed E-state index contributed by atoms with van der Waals surface area (Å²) in [5.41, 5.74) is 0.697. The molecule has 176 valence electrons. The Morgan fingerprint density at radius 2 is 1.94 bits per heavy atom. The molecule has 0 amide bonds. The number of esters is 1. The van der Waals surface area contributed by atoms with E-state index in [1.54, 1.807) is 26.0 Å². The van der Waals surface area contributed by atoms with Gasteiger partial charge in [-0.3, -0.25) is 0 Å². The average molecular weight is 463 g/mol. The molecule has 0 N–H and O–H groups in total. The van der Waals surface area contributed by atoms with Gasteiger partial charge in [0.2, 0.25) is 12.9 Å². The molecule has 32 heavy (non-hydrogen) atoms. The van der Waals surface area contributed by atoms with Gasteiger partial charge in [0.15, 0.2) is 0 Å². The quantitative estimate of drug-likeness (QED) is 0.246. The van der Waals surface area contributed by atoms with Crippen molar-refractivity contribution in [1.29, 1.82) is 0 Å². The van der Waals surface area contributed by atoms with Crippen LogP contribution in [0.1, 0.15) is 30.0 Å². The highest BCUT2D eigenvalue weighted by atomic mass is 19.4. The molecule has 0 spiro atoms. The smallest absolute Gasteiger partial charge is 0.475 e. The molecule has 0 radical (unpaired) electrons. The van der Waals surface area contributed by atoms with Crippen molar-refractivity contribution in [2.75, 3.05) is 13.4 Å². The summed E-state index contributed by atoms with van der Waals surface area (Å²) in [4.78, 5) is 37.9. The van der Waals surface area contributed by atoms with Gasteiger partial charge < -0.3 is 23.8 Å². The van der Waals surface area contributed by atoms with E-state index in [-0.39, 0.29) is 24.3 Å². The number of benzene rings is 1. The summed E-state index contributed by atoms with van der Waals surface area (Å²) in [5.74, 6) is -1.39. The predicted molar refractivity (Wildman–Crippen MR) is 99.9 cm³/mol. The van der Waals surface area contributed by atoms with Crippen LogP contribution in [0.25, 0.3) is 6.08 Å². The molecule has 2 atom stereocenters. The highest BCUT2D eigenvalue weighted by Gasteiger charge is 2.49. The number of carbonyl (C=O) groups is 2. The zero-order chi connectivity index (χ0) is 24.1. The van der Waals surface area contributed by atoms with Gasteiger partial charge in [-0.05, 0) is 38.5 Å². The molecule has 1 aliphatic heterocycles. The molecular weight excluding hydrogens is 443 g/mol. The van der Waals surface area contributed by atoms with Crippen LogP contribution in [-0.4, -0.2) is 49.0 Å². The van der Waals surface area contributed by atoms with Gasteiger partial charge in [-0.15, -0.1) is 10.1 Å². The molecule has 1 unspecified atom stereocenters. The first-order chi connectivity index (χ1) is 14.9. The Bertz CT molecular complexity index is 914. The second-order valence-electron chi connectivity index (χ2n) is 6.86. The lowest BCUT2D eigenvalue weighted by molar-refractivity contribution is -0.758. The second-order valence-corrected chi connectivity index (χ2v) is 6.86. The Hall–Kier alpha value is -3.51. The number of aryl methyl sites for hydroxylation is 2. The van der Waals surface area contributed by atoms with Gasteiger partial charge in [0.05, 0.1) is 12.2 Å². The van der Waals surface area contributed by atoms with Gasteiger partial charge in [0.25, 0.3) is 5.09 Å². The van der Waals surface area contributed by atoms with Crippen LogP contribution in [0, 0.1) is 24.0 Å². The monoisotopic (exact) mass is 463 g/mol. The second kappa shape index (κ2) is 10.2. The fourth-order valence-corrected chi connectivity index (χ4v) is 2.85. The van der Waals surface area contributed by atoms with E-state index in [0.29, 0.717) is 5.56 Å². The maximum atomic E-state index is 13.5. The lowest BCUT2D eigenvalue weighted by Gasteiger charge is -2.29. The topological polar surface area (TPSA) is 123 Å². The first-order valence-corrected chi connectivity index (χ1v) is 9.22. The van der Waals surface area contributed by atoms with Gasteiger partial charge >= 0.3 is 18.3 Å². The van der Waals surface area contributed by atoms with E-state index in [0.717, 1.165) is 11.6 Å². The van der Waals surface area contributed by atoms with Crippen molar-refractivity contribution in [3.05, 3.63) is 44.5 Å². The molecule has 0 saturated carbocycles. The van der Waals surface area contributed by atoms with Crippen LogP contribution < -0.4 is 4.74 Å². The van der Waals surface area contributed by atoms with E-state index in [2.05, 4.69) is 14.3 Å². The lowest BCUT2D eigenvalue weighted by atomic mass is 9.97. The fourth-order valence-electron chi connectivity index (χ4n) is 2.85. The van der Waals surface area contributed by atoms with Crippen molar-refractivity contribution in [3.63, 3.8) is 0 Å². The molecule has 1 aliphatic rings. The normalized spacial score (nSPS) is 16.1. The molecule has 0 aromatic heterocycles. The molecule has 0 aliphatic carbocycles. The number of carbonyl (C=O) groups excluding carboxylic acids is 2. The van der Waals surface area contributed by atoms with E-state index in [1.165, 1.54) is 6.92 Å². The number of hydrogen-bond donors (Lipinski definition) is 0. The van der Waals surface area contributed by atoms with E-state index in [9.17, 15) is 32.9 Å². The maximum absolute atomic E-state index is 13.5. The van der Waals surface area contributed by atoms with Gasteiger partial charge in [0, 0.05) is 12.0 Å². The highest BCUT2D eigenvalue weighted by Crippen LogP contribution is 2.39. The maximum Gasteiger partial charge on any atom is 0.511 e. The third-order valence-electron chi connectivity index (χ3n) is 4.20. The minimum atomic E-state index is -4.90. The van der Waals surface area contributed by atoms with Crippen molar-refractivity contribution in [2.45, 2.75) is 45.6 Å². The summed E-state index contributed by atoms with van der Waals surface area (Å²) in [6.45, 7) is 3.37.